The molecular formula is C19H18IN. The van der Waals surface area contributed by atoms with Crippen LogP contribution in [0.4, 0.5) is 0 Å². The number of pyridine rings is 1. The summed E-state index contributed by atoms with van der Waals surface area (Å²) in [7, 11) is 0. The lowest BCUT2D eigenvalue weighted by Crippen LogP contribution is -2.16. The number of aromatic nitrogens is 1. The highest BCUT2D eigenvalue weighted by atomic mass is 127. The van der Waals surface area contributed by atoms with Crippen LogP contribution < -0.4 is 0 Å². The minimum absolute atomic E-state index is 0.205. The Hall–Kier alpha value is -1.42. The number of benzene rings is 1. The lowest BCUT2D eigenvalue weighted by Gasteiger charge is -2.26. The molecule has 1 heterocycles. The molecule has 0 N–H and O–H groups in total. The van der Waals surface area contributed by atoms with Crippen LogP contribution in [0.2, 0.25) is 0 Å². The third-order valence-corrected chi connectivity index (χ3v) is 4.39. The number of hydrogen-bond donors (Lipinski definition) is 0. The minimum atomic E-state index is 0.205. The standard InChI is InChI=1S/C19H18IN/c1-14-9-18(12-19(2,20)11-14)16-6-3-5-15(10-16)17-7-4-8-21-13-17/h3-11,13H,12H2,1-2H3/t19-/m0/s1. The minimum Gasteiger partial charge on any atom is -0.264 e. The van der Waals surface area contributed by atoms with Gasteiger partial charge in [-0.2, -0.15) is 0 Å². The zero-order valence-corrected chi connectivity index (χ0v) is 14.5. The van der Waals surface area contributed by atoms with Crippen LogP contribution in [0, 0.1) is 0 Å². The van der Waals surface area contributed by atoms with Gasteiger partial charge in [0.05, 0.1) is 0 Å². The third kappa shape index (κ3) is 3.43. The van der Waals surface area contributed by atoms with Crippen molar-refractivity contribution in [2.24, 2.45) is 0 Å². The molecule has 2 heteroatoms. The normalized spacial score (nSPS) is 21.7. The Kier molecular flexibility index (Phi) is 3.98. The summed E-state index contributed by atoms with van der Waals surface area (Å²) in [6.07, 6.45) is 9.46. The molecule has 3 rings (SSSR count). The van der Waals surface area contributed by atoms with Crippen LogP contribution in [-0.2, 0) is 0 Å². The van der Waals surface area contributed by atoms with Gasteiger partial charge in [-0.05, 0) is 49.1 Å². The maximum atomic E-state index is 4.21. The summed E-state index contributed by atoms with van der Waals surface area (Å²) in [6.45, 7) is 4.47. The summed E-state index contributed by atoms with van der Waals surface area (Å²) >= 11 is 2.54. The van der Waals surface area contributed by atoms with Crippen LogP contribution in [-0.4, -0.2) is 8.41 Å². The molecule has 1 aliphatic carbocycles. The predicted octanol–water partition coefficient (Wildman–Crippen LogP) is 5.68. The molecule has 0 saturated heterocycles. The summed E-state index contributed by atoms with van der Waals surface area (Å²) < 4.78 is 0.205. The molecule has 0 unspecified atom stereocenters. The maximum Gasteiger partial charge on any atom is 0.0418 e. The zero-order chi connectivity index (χ0) is 14.9. The number of alkyl halides is 1. The average molecular weight is 387 g/mol. The number of nitrogens with zero attached hydrogens (tertiary/aromatic N) is 1. The first-order valence-corrected chi connectivity index (χ1v) is 8.21. The molecule has 0 saturated carbocycles. The van der Waals surface area contributed by atoms with Crippen molar-refractivity contribution in [3.8, 4) is 11.1 Å². The van der Waals surface area contributed by atoms with E-state index >= 15 is 0 Å². The van der Waals surface area contributed by atoms with Crippen LogP contribution in [0.3, 0.4) is 0 Å². The Morgan fingerprint density at radius 3 is 2.57 bits per heavy atom. The fraction of sp³-hybridized carbons (Fsp3) is 0.211. The molecule has 1 aromatic heterocycles. The van der Waals surface area contributed by atoms with E-state index in [1.54, 1.807) is 0 Å². The topological polar surface area (TPSA) is 12.9 Å². The van der Waals surface area contributed by atoms with Crippen molar-refractivity contribution in [2.45, 2.75) is 23.7 Å². The Bertz CT molecular complexity index is 711. The fourth-order valence-electron chi connectivity index (χ4n) is 2.88. The van der Waals surface area contributed by atoms with Crippen LogP contribution in [0.25, 0.3) is 16.7 Å². The molecular weight excluding hydrogens is 369 g/mol. The van der Waals surface area contributed by atoms with Gasteiger partial charge in [0.1, 0.15) is 0 Å². The first-order valence-electron chi connectivity index (χ1n) is 7.13. The average Bonchev–Trinajstić information content (AvgIpc) is 2.46. The van der Waals surface area contributed by atoms with Crippen molar-refractivity contribution in [3.05, 3.63) is 72.1 Å². The Labute approximate surface area is 140 Å². The van der Waals surface area contributed by atoms with Gasteiger partial charge in [-0.3, -0.25) is 4.98 Å². The van der Waals surface area contributed by atoms with Gasteiger partial charge in [0.15, 0.2) is 0 Å². The Morgan fingerprint density at radius 1 is 1.10 bits per heavy atom. The quantitative estimate of drug-likeness (QED) is 0.478. The smallest absolute Gasteiger partial charge is 0.0418 e. The van der Waals surface area contributed by atoms with E-state index in [1.807, 2.05) is 18.5 Å². The number of hydrogen-bond acceptors (Lipinski definition) is 1. The van der Waals surface area contributed by atoms with Gasteiger partial charge in [-0.15, -0.1) is 0 Å². The van der Waals surface area contributed by atoms with Crippen molar-refractivity contribution in [1.82, 2.24) is 4.98 Å². The second kappa shape index (κ2) is 5.76. The van der Waals surface area contributed by atoms with Crippen molar-refractivity contribution in [2.75, 3.05) is 0 Å². The molecule has 0 fully saturated rings. The van der Waals surface area contributed by atoms with E-state index in [4.69, 9.17) is 0 Å². The van der Waals surface area contributed by atoms with Gasteiger partial charge in [-0.1, -0.05) is 64.6 Å². The summed E-state index contributed by atoms with van der Waals surface area (Å²) in [5, 5.41) is 0. The van der Waals surface area contributed by atoms with Crippen LogP contribution >= 0.6 is 22.6 Å². The van der Waals surface area contributed by atoms with Gasteiger partial charge < -0.3 is 0 Å². The highest BCUT2D eigenvalue weighted by Gasteiger charge is 2.23. The van der Waals surface area contributed by atoms with Gasteiger partial charge in [0.2, 0.25) is 0 Å². The molecule has 21 heavy (non-hydrogen) atoms. The van der Waals surface area contributed by atoms with E-state index in [1.165, 1.54) is 27.8 Å². The molecule has 1 aromatic carbocycles. The van der Waals surface area contributed by atoms with E-state index in [0.29, 0.717) is 0 Å². The van der Waals surface area contributed by atoms with Gasteiger partial charge >= 0.3 is 0 Å². The van der Waals surface area contributed by atoms with E-state index in [9.17, 15) is 0 Å². The molecule has 0 bridgehead atoms. The molecule has 1 aliphatic rings. The second-order valence-corrected chi connectivity index (χ2v) is 8.30. The maximum absolute atomic E-state index is 4.21. The summed E-state index contributed by atoms with van der Waals surface area (Å²) in [6, 6.07) is 12.9. The largest absolute Gasteiger partial charge is 0.264 e. The summed E-state index contributed by atoms with van der Waals surface area (Å²) in [5.74, 6) is 0. The van der Waals surface area contributed by atoms with E-state index in [-0.39, 0.29) is 3.42 Å². The molecule has 106 valence electrons. The number of halogens is 1. The number of rotatable bonds is 2. The van der Waals surface area contributed by atoms with Crippen molar-refractivity contribution in [3.63, 3.8) is 0 Å². The zero-order valence-electron chi connectivity index (χ0n) is 12.3. The summed E-state index contributed by atoms with van der Waals surface area (Å²) in [4.78, 5) is 4.21. The first kappa shape index (κ1) is 14.5. The molecule has 2 aromatic rings. The van der Waals surface area contributed by atoms with Gasteiger partial charge in [-0.25, -0.2) is 0 Å². The van der Waals surface area contributed by atoms with Crippen LogP contribution in [0.1, 0.15) is 25.8 Å². The van der Waals surface area contributed by atoms with Crippen LogP contribution in [0.5, 0.6) is 0 Å². The van der Waals surface area contributed by atoms with Crippen molar-refractivity contribution in [1.29, 1.82) is 0 Å². The lowest BCUT2D eigenvalue weighted by molar-refractivity contribution is 0.840. The monoisotopic (exact) mass is 387 g/mol. The van der Waals surface area contributed by atoms with Crippen molar-refractivity contribution < 1.29 is 0 Å². The lowest BCUT2D eigenvalue weighted by atomic mass is 9.87. The first-order chi connectivity index (χ1) is 10.0. The fourth-order valence-corrected chi connectivity index (χ4v) is 3.79. The molecule has 0 aliphatic heterocycles. The van der Waals surface area contributed by atoms with E-state index in [0.717, 1.165) is 6.42 Å². The molecule has 0 spiro atoms. The van der Waals surface area contributed by atoms with Crippen LogP contribution in [0.15, 0.2) is 66.5 Å². The van der Waals surface area contributed by atoms with Crippen molar-refractivity contribution >= 4 is 28.2 Å². The van der Waals surface area contributed by atoms with E-state index < -0.39 is 0 Å². The third-order valence-electron chi connectivity index (χ3n) is 3.69. The van der Waals surface area contributed by atoms with E-state index in [2.05, 4.69) is 83.9 Å². The second-order valence-electron chi connectivity index (χ2n) is 5.84. The molecule has 0 radical (unpaired) electrons. The van der Waals surface area contributed by atoms with Gasteiger partial charge in [0, 0.05) is 21.4 Å². The van der Waals surface area contributed by atoms with Gasteiger partial charge in [0.25, 0.3) is 0 Å². The summed E-state index contributed by atoms with van der Waals surface area (Å²) in [5.41, 5.74) is 6.47. The predicted molar refractivity (Wildman–Crippen MR) is 98.4 cm³/mol. The Morgan fingerprint density at radius 2 is 1.86 bits per heavy atom. The molecule has 0 amide bonds. The Balaban J connectivity index is 2.00. The number of allylic oxidation sites excluding steroid dienone is 4. The SMILES string of the molecule is CC1=C[C@](C)(I)CC(c2cccc(-c3cccnc3)c2)=C1. The highest BCUT2D eigenvalue weighted by molar-refractivity contribution is 14.1. The molecule has 1 nitrogen and oxygen atoms in total. The molecule has 1 atom stereocenters. The highest BCUT2D eigenvalue weighted by Crippen LogP contribution is 2.38.